The van der Waals surface area contributed by atoms with Gasteiger partial charge in [0.1, 0.15) is 5.71 Å². The molecule has 13 heavy (non-hydrogen) atoms. The number of ether oxygens (including phenoxy) is 2. The Kier molecular flexibility index (Phi) is 2.07. The van der Waals surface area contributed by atoms with Gasteiger partial charge in [0.25, 0.3) is 0 Å². The summed E-state index contributed by atoms with van der Waals surface area (Å²) < 4.78 is 10.3. The molecular weight excluding hydrogens is 170 g/mol. The van der Waals surface area contributed by atoms with E-state index in [0.717, 1.165) is 13.0 Å². The maximum atomic E-state index is 11.3. The second-order valence-corrected chi connectivity index (χ2v) is 3.44. The lowest BCUT2D eigenvalue weighted by atomic mass is 9.92. The van der Waals surface area contributed by atoms with Crippen LogP contribution in [0.4, 0.5) is 0 Å². The van der Waals surface area contributed by atoms with Gasteiger partial charge in [-0.15, -0.1) is 0 Å². The van der Waals surface area contributed by atoms with Crippen molar-refractivity contribution < 1.29 is 14.3 Å². The smallest absolute Gasteiger partial charge is 0.352 e. The predicted octanol–water partition coefficient (Wildman–Crippen LogP) is 0.553. The van der Waals surface area contributed by atoms with E-state index in [0.29, 0.717) is 25.3 Å². The molecule has 1 saturated heterocycles. The van der Waals surface area contributed by atoms with E-state index in [-0.39, 0.29) is 11.6 Å². The van der Waals surface area contributed by atoms with Crippen LogP contribution in [0.1, 0.15) is 19.8 Å². The van der Waals surface area contributed by atoms with Crippen molar-refractivity contribution in [1.82, 2.24) is 0 Å². The minimum atomic E-state index is -0.283. The van der Waals surface area contributed by atoms with Gasteiger partial charge in [-0.2, -0.15) is 0 Å². The van der Waals surface area contributed by atoms with Gasteiger partial charge in [0.2, 0.25) is 0 Å². The normalized spacial score (nSPS) is 31.3. The second-order valence-electron chi connectivity index (χ2n) is 3.44. The summed E-state index contributed by atoms with van der Waals surface area (Å²) >= 11 is 0. The summed E-state index contributed by atoms with van der Waals surface area (Å²) in [7, 11) is 0. The summed E-state index contributed by atoms with van der Waals surface area (Å²) in [6, 6.07) is 0. The lowest BCUT2D eigenvalue weighted by molar-refractivity contribution is -0.138. The third kappa shape index (κ3) is 1.46. The van der Waals surface area contributed by atoms with Crippen LogP contribution in [-0.2, 0) is 14.3 Å². The summed E-state index contributed by atoms with van der Waals surface area (Å²) in [5.74, 6) is -0.283. The largest absolute Gasteiger partial charge is 0.462 e. The van der Waals surface area contributed by atoms with E-state index < -0.39 is 0 Å². The van der Waals surface area contributed by atoms with Crippen LogP contribution in [0.25, 0.3) is 0 Å². The first-order valence-electron chi connectivity index (χ1n) is 4.60. The number of nitrogens with zero attached hydrogens (tertiary/aromatic N) is 1. The molecule has 2 aliphatic rings. The summed E-state index contributed by atoms with van der Waals surface area (Å²) in [5.41, 5.74) is 0.406. The van der Waals surface area contributed by atoms with Gasteiger partial charge in [0.15, 0.2) is 0 Å². The van der Waals surface area contributed by atoms with Crippen LogP contribution in [-0.4, -0.2) is 37.0 Å². The van der Waals surface area contributed by atoms with E-state index in [1.54, 1.807) is 6.92 Å². The molecule has 1 unspecified atom stereocenters. The highest BCUT2D eigenvalue weighted by molar-refractivity contribution is 6.37. The third-order valence-corrected chi connectivity index (χ3v) is 2.52. The number of esters is 1. The zero-order valence-corrected chi connectivity index (χ0v) is 7.71. The maximum Gasteiger partial charge on any atom is 0.352 e. The van der Waals surface area contributed by atoms with Gasteiger partial charge in [-0.3, -0.25) is 4.99 Å². The number of carbonyl (C=O) groups excluding carboxylic acids is 1. The average molecular weight is 183 g/mol. The Labute approximate surface area is 76.9 Å². The predicted molar refractivity (Wildman–Crippen MR) is 46.9 cm³/mol. The number of aliphatic imine (C=N–C) groups is 1. The monoisotopic (exact) mass is 183 g/mol. The first-order chi connectivity index (χ1) is 6.26. The lowest BCUT2D eigenvalue weighted by Gasteiger charge is -2.37. The molecule has 0 amide bonds. The second kappa shape index (κ2) is 3.10. The molecule has 1 fully saturated rings. The van der Waals surface area contributed by atoms with Crippen molar-refractivity contribution in [3.05, 3.63) is 0 Å². The Hall–Kier alpha value is -0.900. The highest BCUT2D eigenvalue weighted by Gasteiger charge is 2.44. The topological polar surface area (TPSA) is 47.9 Å². The molecule has 72 valence electrons. The van der Waals surface area contributed by atoms with E-state index in [1.165, 1.54) is 0 Å². The fraction of sp³-hybridized carbons (Fsp3) is 0.778. The molecule has 0 radical (unpaired) electrons. The van der Waals surface area contributed by atoms with Crippen LogP contribution in [0.15, 0.2) is 4.99 Å². The molecule has 0 aromatic carbocycles. The number of hydrogen-bond acceptors (Lipinski definition) is 4. The molecule has 0 aliphatic carbocycles. The fourth-order valence-corrected chi connectivity index (χ4v) is 1.66. The fourth-order valence-electron chi connectivity index (χ4n) is 1.66. The van der Waals surface area contributed by atoms with E-state index in [9.17, 15) is 4.79 Å². The van der Waals surface area contributed by atoms with Crippen molar-refractivity contribution in [1.29, 1.82) is 0 Å². The van der Waals surface area contributed by atoms with E-state index in [4.69, 9.17) is 9.47 Å². The van der Waals surface area contributed by atoms with Crippen LogP contribution in [0.3, 0.4) is 0 Å². The Morgan fingerprint density at radius 3 is 3.00 bits per heavy atom. The summed E-state index contributed by atoms with van der Waals surface area (Å²) in [6.07, 6.45) is 1.64. The van der Waals surface area contributed by atoms with Crippen LogP contribution < -0.4 is 0 Å². The van der Waals surface area contributed by atoms with Gasteiger partial charge in [-0.1, -0.05) is 0 Å². The van der Waals surface area contributed by atoms with Crippen molar-refractivity contribution in [3.63, 3.8) is 0 Å². The molecule has 0 N–H and O–H groups in total. The number of hydrogen-bond donors (Lipinski definition) is 0. The van der Waals surface area contributed by atoms with E-state index in [2.05, 4.69) is 4.99 Å². The minimum Gasteiger partial charge on any atom is -0.462 e. The van der Waals surface area contributed by atoms with Gasteiger partial charge in [0, 0.05) is 12.8 Å². The summed E-state index contributed by atoms with van der Waals surface area (Å²) in [5, 5.41) is 0. The molecule has 0 aromatic heterocycles. The van der Waals surface area contributed by atoms with Crippen molar-refractivity contribution in [2.75, 3.05) is 19.8 Å². The van der Waals surface area contributed by atoms with Crippen molar-refractivity contribution in [3.8, 4) is 0 Å². The first kappa shape index (κ1) is 8.69. The standard InChI is InChI=1S/C9H13NO3/c1-2-12-8(11)7-5-9(6-10-7)3-4-13-9/h2-6H2,1H3. The highest BCUT2D eigenvalue weighted by atomic mass is 16.5. The number of carbonyl (C=O) groups is 1. The molecule has 1 atom stereocenters. The molecule has 0 aromatic rings. The summed E-state index contributed by atoms with van der Waals surface area (Å²) in [4.78, 5) is 15.4. The Morgan fingerprint density at radius 2 is 2.54 bits per heavy atom. The Morgan fingerprint density at radius 1 is 1.77 bits per heavy atom. The number of rotatable bonds is 2. The lowest BCUT2D eigenvalue weighted by Crippen LogP contribution is -2.45. The third-order valence-electron chi connectivity index (χ3n) is 2.52. The van der Waals surface area contributed by atoms with Gasteiger partial charge < -0.3 is 9.47 Å². The molecule has 2 aliphatic heterocycles. The van der Waals surface area contributed by atoms with Crippen molar-refractivity contribution in [2.45, 2.75) is 25.4 Å². The Balaban J connectivity index is 1.92. The van der Waals surface area contributed by atoms with Crippen LogP contribution in [0.2, 0.25) is 0 Å². The average Bonchev–Trinajstić information content (AvgIpc) is 2.47. The Bertz CT molecular complexity index is 256. The minimum absolute atomic E-state index is 0.137. The molecule has 2 heterocycles. The van der Waals surface area contributed by atoms with Gasteiger partial charge >= 0.3 is 5.97 Å². The van der Waals surface area contributed by atoms with Crippen LogP contribution in [0.5, 0.6) is 0 Å². The molecule has 2 rings (SSSR count). The molecule has 4 heteroatoms. The molecule has 0 saturated carbocycles. The molecule has 1 spiro atoms. The molecular formula is C9H13NO3. The zero-order valence-electron chi connectivity index (χ0n) is 7.71. The SMILES string of the molecule is CCOC(=O)C1=NCC2(CCO2)C1. The summed E-state index contributed by atoms with van der Waals surface area (Å²) in [6.45, 7) is 3.63. The van der Waals surface area contributed by atoms with Crippen molar-refractivity contribution >= 4 is 11.7 Å². The van der Waals surface area contributed by atoms with Gasteiger partial charge in [-0.05, 0) is 6.92 Å². The van der Waals surface area contributed by atoms with E-state index >= 15 is 0 Å². The molecule has 4 nitrogen and oxygen atoms in total. The van der Waals surface area contributed by atoms with Crippen LogP contribution >= 0.6 is 0 Å². The van der Waals surface area contributed by atoms with Gasteiger partial charge in [-0.25, -0.2) is 4.79 Å². The maximum absolute atomic E-state index is 11.3. The van der Waals surface area contributed by atoms with E-state index in [1.807, 2.05) is 0 Å². The van der Waals surface area contributed by atoms with Crippen molar-refractivity contribution in [2.24, 2.45) is 4.99 Å². The van der Waals surface area contributed by atoms with Crippen LogP contribution in [0, 0.1) is 0 Å². The zero-order chi connectivity index (χ0) is 9.31. The first-order valence-corrected chi connectivity index (χ1v) is 4.60. The highest BCUT2D eigenvalue weighted by Crippen LogP contribution is 2.34. The molecule has 0 bridgehead atoms. The quantitative estimate of drug-likeness (QED) is 0.587. The van der Waals surface area contributed by atoms with Gasteiger partial charge in [0.05, 0.1) is 25.4 Å².